The molecule has 0 bridgehead atoms. The second kappa shape index (κ2) is 10.5. The molecule has 0 N–H and O–H groups in total. The standard InChI is InChI=1S/C26H26F3NO5S/c1-18-7-14-25(35-18)36(32,33)30-15-3-6-23(30)24(31)13-10-19-4-2-5-22(16-19)34-17-20-8-11-21(12-9-20)26(27,28)29/h2,4-5,7-9,11-12,14,16,23H,3,6,10,13,15,17H2,1H3/t23-/m0/s1. The summed E-state index contributed by atoms with van der Waals surface area (Å²) in [5, 5.41) is -0.155. The summed E-state index contributed by atoms with van der Waals surface area (Å²) in [6.45, 7) is 2.03. The second-order valence-corrected chi connectivity index (χ2v) is 10.6. The largest absolute Gasteiger partial charge is 0.489 e. The minimum atomic E-state index is -4.39. The fraction of sp³-hybridized carbons (Fsp3) is 0.346. The molecule has 1 atom stereocenters. The minimum absolute atomic E-state index is 0.0989. The zero-order valence-corrected chi connectivity index (χ0v) is 20.4. The fourth-order valence-corrected chi connectivity index (χ4v) is 5.83. The maximum atomic E-state index is 13.0. The van der Waals surface area contributed by atoms with Gasteiger partial charge in [0.05, 0.1) is 11.6 Å². The highest BCUT2D eigenvalue weighted by atomic mass is 32.2. The molecule has 1 saturated heterocycles. The highest BCUT2D eigenvalue weighted by Crippen LogP contribution is 2.30. The van der Waals surface area contributed by atoms with Crippen LogP contribution >= 0.6 is 0 Å². The molecular weight excluding hydrogens is 495 g/mol. The summed E-state index contributed by atoms with van der Waals surface area (Å²) in [6, 6.07) is 14.1. The van der Waals surface area contributed by atoms with E-state index >= 15 is 0 Å². The van der Waals surface area contributed by atoms with Gasteiger partial charge in [-0.25, -0.2) is 8.42 Å². The quantitative estimate of drug-likeness (QED) is 0.370. The summed E-state index contributed by atoms with van der Waals surface area (Å²) < 4.78 is 76.3. The number of halogens is 3. The molecule has 1 aliphatic heterocycles. The van der Waals surface area contributed by atoms with Crippen molar-refractivity contribution in [1.82, 2.24) is 4.31 Å². The highest BCUT2D eigenvalue weighted by molar-refractivity contribution is 7.89. The molecule has 0 spiro atoms. The van der Waals surface area contributed by atoms with Crippen molar-refractivity contribution in [2.45, 2.75) is 56.5 Å². The third-order valence-corrected chi connectivity index (χ3v) is 7.88. The normalized spacial score (nSPS) is 16.8. The zero-order valence-electron chi connectivity index (χ0n) is 19.6. The second-order valence-electron chi connectivity index (χ2n) is 8.74. The van der Waals surface area contributed by atoms with Crippen molar-refractivity contribution in [3.05, 3.63) is 83.1 Å². The van der Waals surface area contributed by atoms with Crippen molar-refractivity contribution in [2.24, 2.45) is 0 Å². The van der Waals surface area contributed by atoms with Crippen LogP contribution in [-0.2, 0) is 34.0 Å². The van der Waals surface area contributed by atoms with Gasteiger partial charge in [-0.1, -0.05) is 24.3 Å². The molecule has 1 fully saturated rings. The number of ketones is 1. The van der Waals surface area contributed by atoms with Gasteiger partial charge in [0.1, 0.15) is 18.1 Å². The molecule has 3 aromatic rings. The van der Waals surface area contributed by atoms with Gasteiger partial charge in [-0.05, 0) is 73.7 Å². The lowest BCUT2D eigenvalue weighted by Crippen LogP contribution is -2.40. The van der Waals surface area contributed by atoms with Crippen LogP contribution in [0.25, 0.3) is 0 Å². The molecule has 192 valence electrons. The van der Waals surface area contributed by atoms with Gasteiger partial charge in [-0.15, -0.1) is 0 Å². The monoisotopic (exact) mass is 521 g/mol. The van der Waals surface area contributed by atoms with Crippen LogP contribution in [0.4, 0.5) is 13.2 Å². The lowest BCUT2D eigenvalue weighted by Gasteiger charge is -2.22. The molecule has 0 unspecified atom stereocenters. The topological polar surface area (TPSA) is 76.8 Å². The molecular formula is C26H26F3NO5S. The van der Waals surface area contributed by atoms with Gasteiger partial charge in [0.15, 0.2) is 5.78 Å². The maximum absolute atomic E-state index is 13.0. The van der Waals surface area contributed by atoms with E-state index in [2.05, 4.69) is 0 Å². The number of Topliss-reactive ketones (excluding diaryl/α,β-unsaturated/α-hetero) is 1. The lowest BCUT2D eigenvalue weighted by atomic mass is 10.0. The molecule has 0 aliphatic carbocycles. The average molecular weight is 522 g/mol. The summed E-state index contributed by atoms with van der Waals surface area (Å²) >= 11 is 0. The first-order chi connectivity index (χ1) is 17.0. The van der Waals surface area contributed by atoms with Crippen LogP contribution in [0.5, 0.6) is 5.75 Å². The van der Waals surface area contributed by atoms with Crippen molar-refractivity contribution in [3.63, 3.8) is 0 Å². The third-order valence-electron chi connectivity index (χ3n) is 6.10. The van der Waals surface area contributed by atoms with Crippen molar-refractivity contribution in [1.29, 1.82) is 0 Å². The Morgan fingerprint density at radius 1 is 1.08 bits per heavy atom. The summed E-state index contributed by atoms with van der Waals surface area (Å²) in [4.78, 5) is 13.0. The number of furan rings is 1. The average Bonchev–Trinajstić information content (AvgIpc) is 3.51. The highest BCUT2D eigenvalue weighted by Gasteiger charge is 2.40. The number of rotatable bonds is 9. The summed E-state index contributed by atoms with van der Waals surface area (Å²) in [5.74, 6) is 0.851. The maximum Gasteiger partial charge on any atom is 0.416 e. The van der Waals surface area contributed by atoms with E-state index in [1.54, 1.807) is 31.2 Å². The molecule has 0 amide bonds. The Balaban J connectivity index is 1.34. The number of alkyl halides is 3. The Morgan fingerprint density at radius 2 is 1.83 bits per heavy atom. The van der Waals surface area contributed by atoms with Gasteiger partial charge in [-0.3, -0.25) is 4.79 Å². The minimum Gasteiger partial charge on any atom is -0.489 e. The van der Waals surface area contributed by atoms with Gasteiger partial charge in [0.25, 0.3) is 10.0 Å². The van der Waals surface area contributed by atoms with Crippen molar-refractivity contribution in [2.75, 3.05) is 6.54 Å². The molecule has 6 nitrogen and oxygen atoms in total. The van der Waals surface area contributed by atoms with Gasteiger partial charge >= 0.3 is 6.18 Å². The van der Waals surface area contributed by atoms with Crippen LogP contribution in [0.1, 0.15) is 41.7 Å². The van der Waals surface area contributed by atoms with Crippen LogP contribution in [-0.4, -0.2) is 31.1 Å². The smallest absolute Gasteiger partial charge is 0.416 e. The van der Waals surface area contributed by atoms with E-state index in [1.165, 1.54) is 22.5 Å². The predicted molar refractivity (Wildman–Crippen MR) is 126 cm³/mol. The van der Waals surface area contributed by atoms with Crippen LogP contribution < -0.4 is 4.74 Å². The number of ether oxygens (including phenoxy) is 1. The Labute approximate surface area is 207 Å². The first-order valence-electron chi connectivity index (χ1n) is 11.5. The summed E-state index contributed by atoms with van der Waals surface area (Å²) in [7, 11) is -3.88. The SMILES string of the molecule is Cc1ccc(S(=O)(=O)N2CCC[C@H]2C(=O)CCc2cccc(OCc3ccc(C(F)(F)F)cc3)c2)o1. The first kappa shape index (κ1) is 26.0. The number of aryl methyl sites for hydroxylation is 2. The van der Waals surface area contributed by atoms with Crippen LogP contribution in [0.2, 0.25) is 0 Å². The number of benzene rings is 2. The van der Waals surface area contributed by atoms with E-state index in [-0.39, 0.29) is 30.4 Å². The zero-order chi connectivity index (χ0) is 25.9. The van der Waals surface area contributed by atoms with Crippen molar-refractivity contribution >= 4 is 15.8 Å². The molecule has 1 aromatic heterocycles. The number of sulfonamides is 1. The van der Waals surface area contributed by atoms with Crippen molar-refractivity contribution in [3.8, 4) is 5.75 Å². The van der Waals surface area contributed by atoms with Gasteiger partial charge < -0.3 is 9.15 Å². The van der Waals surface area contributed by atoms with E-state index < -0.39 is 27.8 Å². The molecule has 10 heteroatoms. The van der Waals surface area contributed by atoms with E-state index in [0.717, 1.165) is 17.7 Å². The van der Waals surface area contributed by atoms with E-state index in [4.69, 9.17) is 9.15 Å². The molecule has 1 aliphatic rings. The van der Waals surface area contributed by atoms with Gasteiger partial charge in [-0.2, -0.15) is 17.5 Å². The molecule has 4 rings (SSSR count). The number of carbonyl (C=O) groups excluding carboxylic acids is 1. The van der Waals surface area contributed by atoms with Gasteiger partial charge in [0, 0.05) is 13.0 Å². The summed E-state index contributed by atoms with van der Waals surface area (Å²) in [6.07, 6.45) is -2.75. The Bertz CT molecular complexity index is 1320. The molecule has 0 saturated carbocycles. The van der Waals surface area contributed by atoms with Crippen LogP contribution in [0.15, 0.2) is 70.2 Å². The number of carbonyl (C=O) groups is 1. The fourth-order valence-electron chi connectivity index (χ4n) is 4.20. The van der Waals surface area contributed by atoms with E-state index in [1.807, 2.05) is 6.07 Å². The molecule has 2 aromatic carbocycles. The number of nitrogens with zero attached hydrogens (tertiary/aromatic N) is 1. The predicted octanol–water partition coefficient (Wildman–Crippen LogP) is 5.54. The third kappa shape index (κ3) is 5.99. The molecule has 36 heavy (non-hydrogen) atoms. The lowest BCUT2D eigenvalue weighted by molar-refractivity contribution is -0.137. The van der Waals surface area contributed by atoms with E-state index in [0.29, 0.717) is 36.3 Å². The van der Waals surface area contributed by atoms with Gasteiger partial charge in [0.2, 0.25) is 5.09 Å². The molecule has 2 heterocycles. The Kier molecular flexibility index (Phi) is 7.56. The number of hydrogen-bond acceptors (Lipinski definition) is 5. The molecule has 0 radical (unpaired) electrons. The number of hydrogen-bond donors (Lipinski definition) is 0. The van der Waals surface area contributed by atoms with E-state index in [9.17, 15) is 26.4 Å². The first-order valence-corrected chi connectivity index (χ1v) is 13.0. The Hall–Kier alpha value is -3.11. The van der Waals surface area contributed by atoms with Crippen LogP contribution in [0.3, 0.4) is 0 Å². The van der Waals surface area contributed by atoms with Crippen molar-refractivity contribution < 1.29 is 35.5 Å². The van der Waals surface area contributed by atoms with Crippen LogP contribution in [0, 0.1) is 6.92 Å². The Morgan fingerprint density at radius 3 is 2.50 bits per heavy atom. The summed E-state index contributed by atoms with van der Waals surface area (Å²) in [5.41, 5.74) is 0.714.